The summed E-state index contributed by atoms with van der Waals surface area (Å²) in [5.74, 6) is -0.948. The fourth-order valence-electron chi connectivity index (χ4n) is 14.0. The van der Waals surface area contributed by atoms with E-state index < -0.39 is 43.6 Å². The number of ketones is 1. The maximum Gasteiger partial charge on any atom is 0.309 e. The average molecular weight is 817 g/mol. The number of carbonyl (C=O) groups excluding carboxylic acids is 2. The Morgan fingerprint density at radius 1 is 0.946 bits per heavy atom. The minimum absolute atomic E-state index is 0.0103. The van der Waals surface area contributed by atoms with Crippen molar-refractivity contribution in [2.45, 2.75) is 151 Å². The molecule has 0 heterocycles. The van der Waals surface area contributed by atoms with Crippen LogP contribution in [0.25, 0.3) is 0 Å². The Bertz CT molecular complexity index is 1910. The quantitative estimate of drug-likeness (QED) is 0.147. The average Bonchev–Trinajstić information content (AvgIpc) is 3.39. The van der Waals surface area contributed by atoms with Crippen molar-refractivity contribution in [3.63, 3.8) is 0 Å². The molecule has 9 atom stereocenters. The number of benzene rings is 1. The largest absolute Gasteiger partial charge is 0.481 e. The number of aliphatic carboxylic acids is 1. The number of carbonyl (C=O) groups is 3. The minimum Gasteiger partial charge on any atom is -0.481 e. The van der Waals surface area contributed by atoms with Gasteiger partial charge in [0.25, 0.3) is 10.1 Å². The number of ether oxygens (including phenoxy) is 1. The Labute approximate surface area is 340 Å². The van der Waals surface area contributed by atoms with Crippen molar-refractivity contribution >= 4 is 39.4 Å². The third-order valence-corrected chi connectivity index (χ3v) is 18.7. The number of Topliss-reactive ketones (excluding diaryl/α,β-unsaturated/α-hetero) is 1. The fraction of sp³-hybridized carbons (Fsp3) is 0.756. The van der Waals surface area contributed by atoms with Crippen molar-refractivity contribution in [3.05, 3.63) is 46.0 Å². The van der Waals surface area contributed by atoms with Crippen LogP contribution in [0.2, 0.25) is 5.02 Å². The molecular formula is C45H66ClNO8S. The van der Waals surface area contributed by atoms with Gasteiger partial charge in [-0.3, -0.25) is 18.9 Å². The van der Waals surface area contributed by atoms with E-state index in [-0.39, 0.29) is 64.8 Å². The zero-order valence-corrected chi connectivity index (χ0v) is 36.9. The second-order valence-electron chi connectivity index (χ2n) is 20.9. The van der Waals surface area contributed by atoms with E-state index in [1.54, 1.807) is 26.0 Å². The lowest BCUT2D eigenvalue weighted by Crippen LogP contribution is -2.69. The van der Waals surface area contributed by atoms with Crippen molar-refractivity contribution < 1.29 is 37.2 Å². The first-order chi connectivity index (χ1) is 25.7. The Kier molecular flexibility index (Phi) is 11.0. The standard InChI is InChI=1S/C45H66ClNO8S/c1-27(2)36-30(48)23-45(34(56(52,53)54)26-47-25-28-11-13-29(46)14-12-28)22-21-44(10)42(8)19-15-31-40(5,6)33(55-35(49)24-39(3,4)38(50)51)17-18-41(31,7)32(42)16-20-43(44,9)37(36)45/h11-14,27,31-34,47H,15-26H2,1-10H3,(H,50,51)(H,52,53,54)/t31-,32+,33-,34-,41-,42+,43+,44-,45-/m0/s1. The zero-order chi connectivity index (χ0) is 41.7. The maximum atomic E-state index is 14.3. The fourth-order valence-corrected chi connectivity index (χ4v) is 15.3. The summed E-state index contributed by atoms with van der Waals surface area (Å²) >= 11 is 6.10. The van der Waals surface area contributed by atoms with Gasteiger partial charge in [-0.2, -0.15) is 8.42 Å². The van der Waals surface area contributed by atoms with Crippen LogP contribution in [0.3, 0.4) is 0 Å². The lowest BCUT2D eigenvalue weighted by Gasteiger charge is -2.75. The lowest BCUT2D eigenvalue weighted by molar-refractivity contribution is -0.249. The number of hydrogen-bond donors (Lipinski definition) is 3. The molecule has 3 N–H and O–H groups in total. The number of hydrogen-bond acceptors (Lipinski definition) is 7. The molecule has 4 saturated carbocycles. The van der Waals surface area contributed by atoms with Gasteiger partial charge in [0.05, 0.1) is 11.8 Å². The van der Waals surface area contributed by atoms with E-state index in [0.717, 1.165) is 55.2 Å². The van der Waals surface area contributed by atoms with E-state index >= 15 is 0 Å². The van der Waals surface area contributed by atoms with Crippen molar-refractivity contribution in [3.8, 4) is 0 Å². The SMILES string of the molecule is CC(C)C1=C2[C@@]([C@H](CNCc3ccc(Cl)cc3)S(=O)(=O)O)(CC[C@]3(C)[C@]2(C)CC[C@@H]2[C@@]4(C)CC[C@H](OC(=O)CC(C)(C)C(=O)O)C(C)(C)[C@@H]4CC[C@]23C)CC1=O. The number of carboxylic acids is 1. The summed E-state index contributed by atoms with van der Waals surface area (Å²) in [7, 11) is -4.59. The van der Waals surface area contributed by atoms with Crippen LogP contribution in [-0.4, -0.2) is 53.7 Å². The van der Waals surface area contributed by atoms with Gasteiger partial charge in [-0.1, -0.05) is 79.1 Å². The predicted molar refractivity (Wildman–Crippen MR) is 218 cm³/mol. The van der Waals surface area contributed by atoms with Crippen LogP contribution in [0.1, 0.15) is 139 Å². The first-order valence-corrected chi connectivity index (χ1v) is 22.7. The number of esters is 1. The predicted octanol–water partition coefficient (Wildman–Crippen LogP) is 9.47. The van der Waals surface area contributed by atoms with Crippen LogP contribution < -0.4 is 5.32 Å². The summed E-state index contributed by atoms with van der Waals surface area (Å²) in [6.07, 6.45) is 6.08. The van der Waals surface area contributed by atoms with Gasteiger partial charge in [0.15, 0.2) is 5.78 Å². The third-order valence-electron chi connectivity index (χ3n) is 17.1. The monoisotopic (exact) mass is 815 g/mol. The Balaban J connectivity index is 1.34. The number of rotatable bonds is 11. The van der Waals surface area contributed by atoms with Gasteiger partial charge in [0.2, 0.25) is 0 Å². The van der Waals surface area contributed by atoms with E-state index in [9.17, 15) is 32.5 Å². The highest BCUT2D eigenvalue weighted by atomic mass is 35.5. The molecule has 5 aliphatic carbocycles. The highest BCUT2D eigenvalue weighted by molar-refractivity contribution is 7.86. The molecular weight excluding hydrogens is 750 g/mol. The number of halogens is 1. The molecule has 11 heteroatoms. The van der Waals surface area contributed by atoms with Crippen molar-refractivity contribution in [1.29, 1.82) is 0 Å². The Hall–Kier alpha value is -2.27. The van der Waals surface area contributed by atoms with Crippen LogP contribution in [0.5, 0.6) is 0 Å². The second kappa shape index (κ2) is 14.2. The smallest absolute Gasteiger partial charge is 0.309 e. The van der Waals surface area contributed by atoms with Gasteiger partial charge in [0, 0.05) is 35.4 Å². The van der Waals surface area contributed by atoms with Crippen molar-refractivity contribution in [1.82, 2.24) is 5.32 Å². The first kappa shape index (κ1) is 43.3. The summed E-state index contributed by atoms with van der Waals surface area (Å²) in [5, 5.41) is 12.4. The molecule has 0 unspecified atom stereocenters. The van der Waals surface area contributed by atoms with E-state index in [0.29, 0.717) is 30.3 Å². The molecule has 4 fully saturated rings. The number of allylic oxidation sites excluding steroid dienone is 2. The van der Waals surface area contributed by atoms with Crippen molar-refractivity contribution in [2.24, 2.45) is 55.7 Å². The highest BCUT2D eigenvalue weighted by Gasteiger charge is 2.74. The Morgan fingerprint density at radius 3 is 2.16 bits per heavy atom. The minimum atomic E-state index is -4.59. The Morgan fingerprint density at radius 2 is 1.57 bits per heavy atom. The molecule has 56 heavy (non-hydrogen) atoms. The van der Waals surface area contributed by atoms with Crippen LogP contribution in [0.4, 0.5) is 0 Å². The second-order valence-corrected chi connectivity index (χ2v) is 23.0. The van der Waals surface area contributed by atoms with Gasteiger partial charge in [0.1, 0.15) is 11.4 Å². The normalized spacial score (nSPS) is 37.3. The number of nitrogens with one attached hydrogen (secondary N) is 1. The molecule has 0 aromatic heterocycles. The van der Waals surface area contributed by atoms with E-state index in [4.69, 9.17) is 16.3 Å². The molecule has 6 rings (SSSR count). The molecule has 5 aliphatic rings. The van der Waals surface area contributed by atoms with E-state index in [1.165, 1.54) is 0 Å². The molecule has 0 bridgehead atoms. The number of carboxylic acid groups (broad SMARTS) is 1. The third kappa shape index (κ3) is 6.53. The molecule has 312 valence electrons. The topological polar surface area (TPSA) is 147 Å². The van der Waals surface area contributed by atoms with E-state index in [2.05, 4.69) is 46.9 Å². The molecule has 9 nitrogen and oxygen atoms in total. The summed E-state index contributed by atoms with van der Waals surface area (Å²) < 4.78 is 44.5. The maximum absolute atomic E-state index is 14.3. The summed E-state index contributed by atoms with van der Waals surface area (Å²) in [4.78, 5) is 39.3. The molecule has 0 aliphatic heterocycles. The van der Waals surface area contributed by atoms with Gasteiger partial charge in [-0.25, -0.2) is 0 Å². The van der Waals surface area contributed by atoms with Gasteiger partial charge in [-0.15, -0.1) is 0 Å². The zero-order valence-electron chi connectivity index (χ0n) is 35.3. The highest BCUT2D eigenvalue weighted by Crippen LogP contribution is 2.80. The first-order valence-electron chi connectivity index (χ1n) is 20.8. The van der Waals surface area contributed by atoms with Gasteiger partial charge < -0.3 is 15.2 Å². The van der Waals surface area contributed by atoms with Crippen LogP contribution in [0, 0.1) is 55.7 Å². The van der Waals surface area contributed by atoms with Gasteiger partial charge >= 0.3 is 11.9 Å². The molecule has 0 radical (unpaired) electrons. The lowest BCUT2D eigenvalue weighted by atomic mass is 9.30. The summed E-state index contributed by atoms with van der Waals surface area (Å²) in [6, 6.07) is 7.37. The van der Waals surface area contributed by atoms with E-state index in [1.807, 2.05) is 26.0 Å². The van der Waals surface area contributed by atoms with Crippen LogP contribution >= 0.6 is 11.6 Å². The summed E-state index contributed by atoms with van der Waals surface area (Å²) in [6.45, 7) is 21.7. The van der Waals surface area contributed by atoms with Crippen molar-refractivity contribution in [2.75, 3.05) is 6.54 Å². The molecule has 1 aromatic carbocycles. The molecule has 1 aromatic rings. The molecule has 0 saturated heterocycles. The molecule has 0 amide bonds. The summed E-state index contributed by atoms with van der Waals surface area (Å²) in [5.41, 5.74) is -0.793. The van der Waals surface area contributed by atoms with Gasteiger partial charge in [-0.05, 0) is 133 Å². The van der Waals surface area contributed by atoms with Crippen LogP contribution in [-0.2, 0) is 35.8 Å². The van der Waals surface area contributed by atoms with Crippen LogP contribution in [0.15, 0.2) is 35.4 Å². The molecule has 0 spiro atoms. The number of fused-ring (bicyclic) bond motifs is 7.